The Hall–Kier alpha value is -2.15. The van der Waals surface area contributed by atoms with E-state index in [0.29, 0.717) is 36.7 Å². The molecule has 41 heavy (non-hydrogen) atoms. The van der Waals surface area contributed by atoms with Crippen LogP contribution in [0.15, 0.2) is 42.5 Å². The van der Waals surface area contributed by atoms with Gasteiger partial charge in [-0.15, -0.1) is 24.8 Å². The maximum Gasteiger partial charge on any atom is 0.416 e. The maximum absolute atomic E-state index is 13.6. The molecule has 2 aromatic rings. The van der Waals surface area contributed by atoms with Gasteiger partial charge < -0.3 is 9.64 Å². The number of nitro groups is 1. The molecule has 2 fully saturated rings. The van der Waals surface area contributed by atoms with Crippen molar-refractivity contribution in [3.63, 3.8) is 0 Å². The van der Waals surface area contributed by atoms with Gasteiger partial charge in [0.05, 0.1) is 22.7 Å². The highest BCUT2D eigenvalue weighted by atomic mass is 35.5. The molecule has 0 saturated carbocycles. The number of hydrogen-bond donors (Lipinski definition) is 0. The number of morpholine rings is 1. The minimum atomic E-state index is -4.82. The van der Waals surface area contributed by atoms with E-state index in [1.807, 2.05) is 26.0 Å². The average Bonchev–Trinajstić information content (AvgIpc) is 2.87. The number of amides is 1. The van der Waals surface area contributed by atoms with E-state index in [4.69, 9.17) is 16.3 Å². The van der Waals surface area contributed by atoms with Crippen LogP contribution in [-0.2, 0) is 17.3 Å². The Bertz CT molecular complexity index is 1180. The van der Waals surface area contributed by atoms with E-state index in [-0.39, 0.29) is 55.2 Å². The molecule has 0 radical (unpaired) electrons. The molecule has 2 saturated heterocycles. The van der Waals surface area contributed by atoms with E-state index in [1.54, 1.807) is 17.0 Å². The molecule has 2 aliphatic heterocycles. The number of piperazine rings is 1. The van der Waals surface area contributed by atoms with Crippen molar-refractivity contribution < 1.29 is 27.6 Å². The van der Waals surface area contributed by atoms with Gasteiger partial charge in [0.2, 0.25) is 0 Å². The van der Waals surface area contributed by atoms with Gasteiger partial charge in [-0.05, 0) is 44.0 Å². The monoisotopic (exact) mass is 640 g/mol. The first-order valence-electron chi connectivity index (χ1n) is 12.9. The van der Waals surface area contributed by atoms with Crippen LogP contribution in [0.4, 0.5) is 18.9 Å². The Labute approximate surface area is 254 Å². The molecular weight excluding hydrogens is 608 g/mol. The second kappa shape index (κ2) is 14.8. The lowest BCUT2D eigenvalue weighted by molar-refractivity contribution is -0.385. The molecule has 2 heterocycles. The van der Waals surface area contributed by atoms with Crippen molar-refractivity contribution in [1.82, 2.24) is 14.7 Å². The van der Waals surface area contributed by atoms with Crippen molar-refractivity contribution in [2.45, 2.75) is 44.7 Å². The summed E-state index contributed by atoms with van der Waals surface area (Å²) >= 11 is 6.03. The van der Waals surface area contributed by atoms with Crippen molar-refractivity contribution in [1.29, 1.82) is 0 Å². The Balaban J connectivity index is 0.00000294. The van der Waals surface area contributed by atoms with Gasteiger partial charge in [-0.2, -0.15) is 13.2 Å². The van der Waals surface area contributed by atoms with Gasteiger partial charge in [-0.25, -0.2) is 0 Å². The fourth-order valence-corrected chi connectivity index (χ4v) is 5.50. The Kier molecular flexibility index (Phi) is 12.7. The molecule has 0 N–H and O–H groups in total. The SMILES string of the molecule is CC1CN(CCN2CCN(C(=O)c3cc([N+](=O)[O-])cc(C(F)(F)F)c3)[C@H](Cc3ccc(Cl)cc3)C2)CC(C)O1.Cl.Cl. The highest BCUT2D eigenvalue weighted by molar-refractivity contribution is 6.30. The van der Waals surface area contributed by atoms with Crippen LogP contribution in [0.25, 0.3) is 0 Å². The summed E-state index contributed by atoms with van der Waals surface area (Å²) in [7, 11) is 0. The minimum Gasteiger partial charge on any atom is -0.373 e. The van der Waals surface area contributed by atoms with Crippen LogP contribution in [0, 0.1) is 10.1 Å². The summed E-state index contributed by atoms with van der Waals surface area (Å²) in [5.41, 5.74) is -1.41. The third-order valence-electron chi connectivity index (χ3n) is 7.14. The number of carbonyl (C=O) groups is 1. The molecule has 4 rings (SSSR count). The summed E-state index contributed by atoms with van der Waals surface area (Å²) in [6, 6.07) is 8.94. The van der Waals surface area contributed by atoms with E-state index in [0.717, 1.165) is 37.8 Å². The summed E-state index contributed by atoms with van der Waals surface area (Å²) in [6.45, 7) is 8.73. The van der Waals surface area contributed by atoms with Crippen LogP contribution in [0.5, 0.6) is 0 Å². The number of alkyl halides is 3. The Morgan fingerprint density at radius 3 is 2.20 bits per heavy atom. The average molecular weight is 642 g/mol. The molecule has 3 atom stereocenters. The number of rotatable bonds is 7. The zero-order valence-corrected chi connectivity index (χ0v) is 25.1. The summed E-state index contributed by atoms with van der Waals surface area (Å²) in [4.78, 5) is 30.1. The zero-order chi connectivity index (χ0) is 28.3. The van der Waals surface area contributed by atoms with E-state index in [2.05, 4.69) is 9.80 Å². The Morgan fingerprint density at radius 1 is 1.00 bits per heavy atom. The Morgan fingerprint density at radius 2 is 1.61 bits per heavy atom. The predicted molar refractivity (Wildman–Crippen MR) is 155 cm³/mol. The number of hydrogen-bond acceptors (Lipinski definition) is 6. The third-order valence-corrected chi connectivity index (χ3v) is 7.39. The smallest absolute Gasteiger partial charge is 0.373 e. The first-order valence-corrected chi connectivity index (χ1v) is 13.3. The van der Waals surface area contributed by atoms with Crippen LogP contribution < -0.4 is 0 Å². The molecule has 0 bridgehead atoms. The molecule has 2 unspecified atom stereocenters. The van der Waals surface area contributed by atoms with Gasteiger partial charge in [0, 0.05) is 74.6 Å². The minimum absolute atomic E-state index is 0. The zero-order valence-electron chi connectivity index (χ0n) is 22.7. The van der Waals surface area contributed by atoms with Crippen molar-refractivity contribution in [2.75, 3.05) is 45.8 Å². The summed E-state index contributed by atoms with van der Waals surface area (Å²) in [5, 5.41) is 11.9. The van der Waals surface area contributed by atoms with Crippen LogP contribution in [0.2, 0.25) is 5.02 Å². The van der Waals surface area contributed by atoms with E-state index in [1.165, 1.54) is 0 Å². The van der Waals surface area contributed by atoms with Gasteiger partial charge in [-0.3, -0.25) is 24.7 Å². The first kappa shape index (κ1) is 35.0. The fourth-order valence-electron chi connectivity index (χ4n) is 5.38. The molecule has 8 nitrogen and oxygen atoms in total. The van der Waals surface area contributed by atoms with Crippen LogP contribution >= 0.6 is 36.4 Å². The van der Waals surface area contributed by atoms with E-state index < -0.39 is 28.3 Å². The lowest BCUT2D eigenvalue weighted by Gasteiger charge is -2.43. The number of nitro benzene ring substituents is 1. The van der Waals surface area contributed by atoms with Crippen molar-refractivity contribution in [2.24, 2.45) is 0 Å². The van der Waals surface area contributed by atoms with Crippen LogP contribution in [-0.4, -0.2) is 89.6 Å². The largest absolute Gasteiger partial charge is 0.416 e. The standard InChI is InChI=1S/C27H32ClF3N4O4.2ClH/c1-18-15-33(16-19(2)39-18)8-7-32-9-10-34(25(17-32)11-20-3-5-23(28)6-4-20)26(36)21-12-22(27(29,30)31)14-24(13-21)35(37)38;;/h3-6,12-14,18-19,25H,7-11,15-17H2,1-2H3;2*1H/t18?,19?,25-;;/m1../s1. The summed E-state index contributed by atoms with van der Waals surface area (Å²) < 4.78 is 46.2. The number of benzene rings is 2. The topological polar surface area (TPSA) is 79.2 Å². The first-order chi connectivity index (χ1) is 18.4. The predicted octanol–water partition coefficient (Wildman–Crippen LogP) is 5.59. The lowest BCUT2D eigenvalue weighted by Crippen LogP contribution is -2.57. The quantitative estimate of drug-likeness (QED) is 0.290. The molecule has 1 amide bonds. The number of ether oxygens (including phenoxy) is 1. The van der Waals surface area contributed by atoms with Gasteiger partial charge in [0.1, 0.15) is 0 Å². The molecule has 0 aromatic heterocycles. The third kappa shape index (κ3) is 9.42. The second-order valence-electron chi connectivity index (χ2n) is 10.3. The number of halogens is 6. The summed E-state index contributed by atoms with van der Waals surface area (Å²) in [5.74, 6) is -0.654. The van der Waals surface area contributed by atoms with Gasteiger partial charge in [0.25, 0.3) is 11.6 Å². The molecular formula is C27H34Cl3F3N4O4. The van der Waals surface area contributed by atoms with Gasteiger partial charge >= 0.3 is 6.18 Å². The number of nitrogens with zero attached hydrogens (tertiary/aromatic N) is 4. The highest BCUT2D eigenvalue weighted by Gasteiger charge is 2.36. The van der Waals surface area contributed by atoms with Crippen LogP contribution in [0.3, 0.4) is 0 Å². The lowest BCUT2D eigenvalue weighted by atomic mass is 10.00. The highest BCUT2D eigenvalue weighted by Crippen LogP contribution is 2.33. The molecule has 2 aromatic carbocycles. The molecule has 0 aliphatic carbocycles. The molecule has 228 valence electrons. The van der Waals surface area contributed by atoms with E-state index in [9.17, 15) is 28.1 Å². The summed E-state index contributed by atoms with van der Waals surface area (Å²) in [6.07, 6.45) is -4.06. The second-order valence-corrected chi connectivity index (χ2v) is 10.8. The van der Waals surface area contributed by atoms with Crippen molar-refractivity contribution >= 4 is 48.0 Å². The molecule has 2 aliphatic rings. The molecule has 0 spiro atoms. The number of carbonyl (C=O) groups excluding carboxylic acids is 1. The fraction of sp³-hybridized carbons (Fsp3) is 0.519. The molecule has 14 heteroatoms. The van der Waals surface area contributed by atoms with E-state index >= 15 is 0 Å². The van der Waals surface area contributed by atoms with Gasteiger partial charge in [0.15, 0.2) is 0 Å². The maximum atomic E-state index is 13.6. The van der Waals surface area contributed by atoms with Crippen LogP contribution in [0.1, 0.15) is 35.3 Å². The normalized spacial score (nSPS) is 22.0. The number of non-ortho nitro benzene ring substituents is 1. The van der Waals surface area contributed by atoms with Crippen molar-refractivity contribution in [3.05, 3.63) is 74.3 Å². The van der Waals surface area contributed by atoms with Gasteiger partial charge in [-0.1, -0.05) is 23.7 Å². The van der Waals surface area contributed by atoms with Crippen molar-refractivity contribution in [3.8, 4) is 0 Å².